The number of halogens is 2. The van der Waals surface area contributed by atoms with Crippen molar-refractivity contribution >= 4 is 39.2 Å². The summed E-state index contributed by atoms with van der Waals surface area (Å²) in [5.74, 6) is 0. The second-order valence-corrected chi connectivity index (χ2v) is 4.67. The topological polar surface area (TPSA) is 70.3 Å². The van der Waals surface area contributed by atoms with Crippen LogP contribution >= 0.6 is 23.2 Å². The summed E-state index contributed by atoms with van der Waals surface area (Å²) in [5, 5.41) is 6.75. The Kier molecular flexibility index (Phi) is 3.29. The predicted molar refractivity (Wildman–Crippen MR) is 53.8 cm³/mol. The van der Waals surface area contributed by atoms with Crippen LogP contribution in [-0.2, 0) is 10.0 Å². The van der Waals surface area contributed by atoms with Crippen LogP contribution in [0.5, 0.6) is 0 Å². The van der Waals surface area contributed by atoms with E-state index in [1.165, 1.54) is 24.2 Å². The number of nitrogens with one attached hydrogen (secondary N) is 1. The summed E-state index contributed by atoms with van der Waals surface area (Å²) in [4.78, 5) is -0.191. The first-order valence-electron chi connectivity index (χ1n) is 3.31. The fourth-order valence-corrected chi connectivity index (χ4v) is 2.26. The normalized spacial score (nSPS) is 10.7. The van der Waals surface area contributed by atoms with Crippen molar-refractivity contribution in [3.8, 4) is 0 Å². The molecule has 0 saturated carbocycles. The van der Waals surface area contributed by atoms with Gasteiger partial charge in [-0.25, -0.2) is 5.41 Å². The van der Waals surface area contributed by atoms with E-state index in [1.807, 2.05) is 0 Å². The van der Waals surface area contributed by atoms with E-state index in [4.69, 9.17) is 28.6 Å². The number of benzene rings is 1. The summed E-state index contributed by atoms with van der Waals surface area (Å²) in [5.41, 5.74) is 0. The third-order valence-corrected chi connectivity index (χ3v) is 3.24. The van der Waals surface area contributed by atoms with Gasteiger partial charge in [-0.15, -0.1) is 0 Å². The molecular formula is C7H4Cl2N2O2S. The Morgan fingerprint density at radius 3 is 2.50 bits per heavy atom. The summed E-state index contributed by atoms with van der Waals surface area (Å²) >= 11 is 11.2. The van der Waals surface area contributed by atoms with Gasteiger partial charge in [0, 0.05) is 5.02 Å². The van der Waals surface area contributed by atoms with Crippen molar-refractivity contribution < 1.29 is 8.42 Å². The first kappa shape index (κ1) is 11.2. The van der Waals surface area contributed by atoms with Crippen LogP contribution in [-0.4, -0.2) is 14.4 Å². The zero-order valence-corrected chi connectivity index (χ0v) is 8.99. The molecule has 0 aromatic heterocycles. The molecule has 0 spiro atoms. The molecule has 0 amide bonds. The molecule has 0 atom stereocenters. The predicted octanol–water partition coefficient (Wildman–Crippen LogP) is 2.43. The molecule has 0 unspecified atom stereocenters. The summed E-state index contributed by atoms with van der Waals surface area (Å²) in [7, 11) is -3.92. The van der Waals surface area contributed by atoms with E-state index in [9.17, 15) is 8.42 Å². The van der Waals surface area contributed by atoms with Gasteiger partial charge in [-0.3, -0.25) is 0 Å². The van der Waals surface area contributed by atoms with Crippen molar-refractivity contribution in [3.63, 3.8) is 0 Å². The first-order valence-corrected chi connectivity index (χ1v) is 5.51. The van der Waals surface area contributed by atoms with Gasteiger partial charge in [-0.2, -0.15) is 8.42 Å². The zero-order valence-electron chi connectivity index (χ0n) is 6.66. The van der Waals surface area contributed by atoms with Crippen molar-refractivity contribution in [1.29, 1.82) is 5.41 Å². The van der Waals surface area contributed by atoms with Crippen molar-refractivity contribution in [2.45, 2.75) is 4.90 Å². The molecular weight excluding hydrogens is 247 g/mol. The third kappa shape index (κ3) is 2.33. The third-order valence-electron chi connectivity index (χ3n) is 1.34. The Bertz CT molecular complexity index is 506. The van der Waals surface area contributed by atoms with Crippen LogP contribution in [0.4, 0.5) is 0 Å². The standard InChI is InChI=1S/C7H4Cl2N2O2S/c8-5-1-2-7(6(9)3-5)14(12,13)11-4-10/h1-3,10H. The van der Waals surface area contributed by atoms with Crippen LogP contribution < -0.4 is 0 Å². The van der Waals surface area contributed by atoms with Gasteiger partial charge >= 0.3 is 0 Å². The fourth-order valence-electron chi connectivity index (χ4n) is 0.794. The number of hydrogen-bond acceptors (Lipinski definition) is 3. The van der Waals surface area contributed by atoms with Crippen LogP contribution in [0.2, 0.25) is 10.0 Å². The zero-order chi connectivity index (χ0) is 10.8. The van der Waals surface area contributed by atoms with Gasteiger partial charge in [0.25, 0.3) is 10.0 Å². The average molecular weight is 251 g/mol. The quantitative estimate of drug-likeness (QED) is 0.820. The van der Waals surface area contributed by atoms with Gasteiger partial charge in [0.1, 0.15) is 10.9 Å². The van der Waals surface area contributed by atoms with Crippen molar-refractivity contribution in [2.24, 2.45) is 4.40 Å². The van der Waals surface area contributed by atoms with E-state index in [2.05, 4.69) is 4.40 Å². The molecule has 1 aromatic carbocycles. The Balaban J connectivity index is 3.41. The maximum Gasteiger partial charge on any atom is 0.292 e. The second-order valence-electron chi connectivity index (χ2n) is 2.25. The van der Waals surface area contributed by atoms with Gasteiger partial charge < -0.3 is 0 Å². The second kappa shape index (κ2) is 4.11. The highest BCUT2D eigenvalue weighted by atomic mass is 35.5. The monoisotopic (exact) mass is 250 g/mol. The highest BCUT2D eigenvalue weighted by Gasteiger charge is 2.16. The average Bonchev–Trinajstić information content (AvgIpc) is 2.02. The Morgan fingerprint density at radius 2 is 2.00 bits per heavy atom. The molecule has 1 N–H and O–H groups in total. The van der Waals surface area contributed by atoms with E-state index >= 15 is 0 Å². The summed E-state index contributed by atoms with van der Waals surface area (Å²) < 4.78 is 25.5. The largest absolute Gasteiger partial charge is 0.292 e. The molecule has 0 aliphatic carbocycles. The van der Waals surface area contributed by atoms with E-state index in [-0.39, 0.29) is 9.92 Å². The van der Waals surface area contributed by atoms with Crippen molar-refractivity contribution in [2.75, 3.05) is 0 Å². The van der Waals surface area contributed by atoms with Crippen LogP contribution in [0.25, 0.3) is 0 Å². The number of nitrogens with zero attached hydrogens (tertiary/aromatic N) is 1. The minimum atomic E-state index is -3.92. The molecule has 0 aliphatic heterocycles. The molecule has 14 heavy (non-hydrogen) atoms. The molecule has 0 radical (unpaired) electrons. The Hall–Kier alpha value is -0.870. The van der Waals surface area contributed by atoms with Gasteiger partial charge in [0.15, 0.2) is 0 Å². The molecule has 74 valence electrons. The van der Waals surface area contributed by atoms with Gasteiger partial charge in [0.05, 0.1) is 5.02 Å². The maximum atomic E-state index is 11.3. The smallest absolute Gasteiger partial charge is 0.241 e. The number of hydrogen-bond donors (Lipinski definition) is 1. The molecule has 7 heteroatoms. The summed E-state index contributed by atoms with van der Waals surface area (Å²) in [6.45, 7) is 0. The minimum Gasteiger partial charge on any atom is -0.241 e. The lowest BCUT2D eigenvalue weighted by Crippen LogP contribution is -1.96. The van der Waals surface area contributed by atoms with Gasteiger partial charge in [0.2, 0.25) is 0 Å². The Morgan fingerprint density at radius 1 is 1.36 bits per heavy atom. The molecule has 0 saturated heterocycles. The van der Waals surface area contributed by atoms with Crippen molar-refractivity contribution in [3.05, 3.63) is 28.2 Å². The molecule has 0 aliphatic rings. The highest BCUT2D eigenvalue weighted by Crippen LogP contribution is 2.25. The van der Waals surface area contributed by atoms with Crippen LogP contribution in [0.3, 0.4) is 0 Å². The van der Waals surface area contributed by atoms with E-state index < -0.39 is 10.0 Å². The van der Waals surface area contributed by atoms with Crippen molar-refractivity contribution in [1.82, 2.24) is 0 Å². The van der Waals surface area contributed by atoms with Gasteiger partial charge in [-0.05, 0) is 18.2 Å². The SMILES string of the molecule is N=C=NS(=O)(=O)c1ccc(Cl)cc1Cl. The lowest BCUT2D eigenvalue weighted by molar-refractivity contribution is 0.598. The van der Waals surface area contributed by atoms with Crippen LogP contribution in [0.15, 0.2) is 27.5 Å². The fraction of sp³-hybridized carbons (Fsp3) is 0. The summed E-state index contributed by atoms with van der Waals surface area (Å²) in [6.07, 6.45) is 0. The van der Waals surface area contributed by atoms with E-state index in [0.717, 1.165) is 0 Å². The molecule has 0 fully saturated rings. The van der Waals surface area contributed by atoms with Crippen LogP contribution in [0, 0.1) is 5.41 Å². The molecule has 4 nitrogen and oxygen atoms in total. The molecule has 0 heterocycles. The van der Waals surface area contributed by atoms with E-state index in [0.29, 0.717) is 5.02 Å². The van der Waals surface area contributed by atoms with Gasteiger partial charge in [-0.1, -0.05) is 27.6 Å². The number of rotatable bonds is 2. The lowest BCUT2D eigenvalue weighted by atomic mass is 10.4. The maximum absolute atomic E-state index is 11.3. The lowest BCUT2D eigenvalue weighted by Gasteiger charge is -1.99. The first-order chi connectivity index (χ1) is 6.47. The Labute approximate surface area is 90.7 Å². The molecule has 0 bridgehead atoms. The highest BCUT2D eigenvalue weighted by molar-refractivity contribution is 7.90. The van der Waals surface area contributed by atoms with Crippen LogP contribution in [0.1, 0.15) is 0 Å². The van der Waals surface area contributed by atoms with E-state index in [1.54, 1.807) is 0 Å². The summed E-state index contributed by atoms with van der Waals surface area (Å²) in [6, 6.07) is 5.33. The molecule has 1 aromatic rings. The number of sulfonamides is 1. The molecule has 1 rings (SSSR count). The minimum absolute atomic E-state index is 0.0310.